The summed E-state index contributed by atoms with van der Waals surface area (Å²) in [6.45, 7) is -0.343. The van der Waals surface area contributed by atoms with Crippen molar-refractivity contribution in [2.45, 2.75) is 31.5 Å². The number of ether oxygens (including phenoxy) is 1. The van der Waals surface area contributed by atoms with Gasteiger partial charge in [0, 0.05) is 13.1 Å². The van der Waals surface area contributed by atoms with E-state index in [9.17, 15) is 22.8 Å². The number of hydrogen-bond donors (Lipinski definition) is 1. The van der Waals surface area contributed by atoms with Crippen molar-refractivity contribution in [1.82, 2.24) is 10.2 Å². The highest BCUT2D eigenvalue weighted by Gasteiger charge is 2.43. The van der Waals surface area contributed by atoms with Crippen LogP contribution in [0.1, 0.15) is 19.3 Å². The van der Waals surface area contributed by atoms with E-state index >= 15 is 0 Å². The number of carbonyl (C=O) groups excluding carboxylic acids is 2. The van der Waals surface area contributed by atoms with Crippen LogP contribution in [0, 0.1) is 5.92 Å². The van der Waals surface area contributed by atoms with Gasteiger partial charge in [0.2, 0.25) is 5.91 Å². The molecule has 0 unspecified atom stereocenters. The molecule has 1 aliphatic heterocycles. The van der Waals surface area contributed by atoms with Crippen LogP contribution in [0.5, 0.6) is 5.75 Å². The third kappa shape index (κ3) is 6.92. The number of thioether (sulfide) groups is 1. The average Bonchev–Trinajstić information content (AvgIpc) is 2.69. The number of carbonyl (C=O) groups is 2. The van der Waals surface area contributed by atoms with Crippen molar-refractivity contribution < 1.29 is 27.5 Å². The molecule has 156 valence electrons. The molecule has 28 heavy (non-hydrogen) atoms. The van der Waals surface area contributed by atoms with E-state index in [4.69, 9.17) is 4.74 Å². The maximum Gasteiger partial charge on any atom is 0.393 e. The van der Waals surface area contributed by atoms with E-state index in [1.807, 2.05) is 12.3 Å². The van der Waals surface area contributed by atoms with Gasteiger partial charge in [0.15, 0.2) is 6.61 Å². The quantitative estimate of drug-likeness (QED) is 0.705. The molecule has 1 heterocycles. The molecule has 1 N–H and O–H groups in total. The monoisotopic (exact) mass is 418 g/mol. The summed E-state index contributed by atoms with van der Waals surface area (Å²) < 4.78 is 44.4. The van der Waals surface area contributed by atoms with Gasteiger partial charge in [-0.2, -0.15) is 24.9 Å². The van der Waals surface area contributed by atoms with Crippen LogP contribution in [-0.2, 0) is 9.59 Å². The lowest BCUT2D eigenvalue weighted by molar-refractivity contribution is -0.188. The number of halogens is 3. The normalized spacial score (nSPS) is 18.4. The van der Waals surface area contributed by atoms with E-state index in [0.717, 1.165) is 0 Å². The zero-order valence-corrected chi connectivity index (χ0v) is 16.5. The molecule has 1 aromatic carbocycles. The molecular formula is C19H25F3N2O3S. The van der Waals surface area contributed by atoms with Crippen molar-refractivity contribution in [3.63, 3.8) is 0 Å². The first-order valence-corrected chi connectivity index (χ1v) is 10.5. The Morgan fingerprint density at radius 1 is 1.32 bits per heavy atom. The molecule has 0 spiro atoms. The lowest BCUT2D eigenvalue weighted by Crippen LogP contribution is -2.53. The molecule has 2 amide bonds. The maximum atomic E-state index is 13.0. The van der Waals surface area contributed by atoms with Crippen LogP contribution in [0.15, 0.2) is 30.3 Å². The number of nitrogens with zero attached hydrogens (tertiary/aromatic N) is 1. The Balaban J connectivity index is 1.95. The number of para-hydroxylation sites is 1. The fourth-order valence-electron chi connectivity index (χ4n) is 3.06. The topological polar surface area (TPSA) is 58.6 Å². The smallest absolute Gasteiger partial charge is 0.393 e. The van der Waals surface area contributed by atoms with Crippen molar-refractivity contribution in [3.05, 3.63) is 30.3 Å². The number of alkyl halides is 3. The molecule has 0 saturated carbocycles. The number of nitrogens with one attached hydrogen (secondary N) is 1. The van der Waals surface area contributed by atoms with Crippen LogP contribution in [0.25, 0.3) is 0 Å². The highest BCUT2D eigenvalue weighted by molar-refractivity contribution is 7.98. The molecule has 0 bridgehead atoms. The molecule has 1 saturated heterocycles. The van der Waals surface area contributed by atoms with E-state index in [0.29, 0.717) is 24.3 Å². The Morgan fingerprint density at radius 2 is 2.04 bits per heavy atom. The Kier molecular flexibility index (Phi) is 8.47. The van der Waals surface area contributed by atoms with Crippen LogP contribution >= 0.6 is 11.8 Å². The van der Waals surface area contributed by atoms with Gasteiger partial charge in [-0.15, -0.1) is 0 Å². The van der Waals surface area contributed by atoms with Crippen molar-refractivity contribution in [2.24, 2.45) is 5.92 Å². The molecule has 0 aliphatic carbocycles. The lowest BCUT2D eigenvalue weighted by atomic mass is 9.96. The number of amides is 2. The van der Waals surface area contributed by atoms with Crippen molar-refractivity contribution >= 4 is 23.6 Å². The third-order valence-corrected chi connectivity index (χ3v) is 5.20. The van der Waals surface area contributed by atoms with Gasteiger partial charge >= 0.3 is 6.18 Å². The zero-order valence-electron chi connectivity index (χ0n) is 15.7. The minimum Gasteiger partial charge on any atom is -0.484 e. The predicted octanol–water partition coefficient (Wildman–Crippen LogP) is 3.10. The number of likely N-dealkylation sites (tertiary alicyclic amines) is 1. The summed E-state index contributed by atoms with van der Waals surface area (Å²) in [5.74, 6) is -1.33. The van der Waals surface area contributed by atoms with Gasteiger partial charge < -0.3 is 15.0 Å². The van der Waals surface area contributed by atoms with Crippen LogP contribution < -0.4 is 10.1 Å². The van der Waals surface area contributed by atoms with E-state index in [2.05, 4.69) is 5.32 Å². The second-order valence-electron chi connectivity index (χ2n) is 6.67. The molecular weight excluding hydrogens is 393 g/mol. The molecule has 1 fully saturated rings. The fraction of sp³-hybridized carbons (Fsp3) is 0.579. The van der Waals surface area contributed by atoms with Crippen LogP contribution in [-0.4, -0.2) is 60.6 Å². The van der Waals surface area contributed by atoms with E-state index in [1.54, 1.807) is 24.3 Å². The minimum atomic E-state index is -4.32. The Labute approximate surface area is 167 Å². The third-order valence-electron chi connectivity index (χ3n) is 4.55. The van der Waals surface area contributed by atoms with Crippen molar-refractivity contribution in [2.75, 3.05) is 31.7 Å². The Bertz CT molecular complexity index is 643. The molecule has 9 heteroatoms. The predicted molar refractivity (Wildman–Crippen MR) is 102 cm³/mol. The molecule has 2 atom stereocenters. The van der Waals surface area contributed by atoms with Gasteiger partial charge in [-0.3, -0.25) is 9.59 Å². The Morgan fingerprint density at radius 3 is 2.68 bits per heavy atom. The summed E-state index contributed by atoms with van der Waals surface area (Å²) in [6, 6.07) is 7.91. The molecule has 0 radical (unpaired) electrons. The summed E-state index contributed by atoms with van der Waals surface area (Å²) in [7, 11) is 0. The van der Waals surface area contributed by atoms with E-state index in [1.165, 1.54) is 16.7 Å². The van der Waals surface area contributed by atoms with Gasteiger partial charge in [0.05, 0.1) is 5.92 Å². The van der Waals surface area contributed by atoms with Crippen LogP contribution in [0.4, 0.5) is 13.2 Å². The van der Waals surface area contributed by atoms with Gasteiger partial charge in [-0.25, -0.2) is 0 Å². The largest absolute Gasteiger partial charge is 0.484 e. The summed E-state index contributed by atoms with van der Waals surface area (Å²) in [5.41, 5.74) is 0. The minimum absolute atomic E-state index is 0.0278. The number of benzene rings is 1. The summed E-state index contributed by atoms with van der Waals surface area (Å²) in [6.07, 6.45) is -1.77. The SMILES string of the molecule is CSCC[C@H](NC(=O)COc1ccccc1)C(=O)N1CCC[C@H](C(F)(F)F)C1. The molecule has 1 aromatic rings. The number of rotatable bonds is 8. The number of hydrogen-bond acceptors (Lipinski definition) is 4. The maximum absolute atomic E-state index is 13.0. The van der Waals surface area contributed by atoms with Gasteiger partial charge in [-0.1, -0.05) is 18.2 Å². The highest BCUT2D eigenvalue weighted by Crippen LogP contribution is 2.33. The molecule has 2 rings (SSSR count). The second-order valence-corrected chi connectivity index (χ2v) is 7.65. The fourth-order valence-corrected chi connectivity index (χ4v) is 3.53. The Hall–Kier alpha value is -1.90. The van der Waals surface area contributed by atoms with Crippen molar-refractivity contribution in [3.8, 4) is 5.75 Å². The standard InChI is InChI=1S/C19H25F3N2O3S/c1-28-11-9-16(23-17(25)13-27-15-7-3-2-4-8-15)18(26)24-10-5-6-14(12-24)19(20,21)22/h2-4,7-8,14,16H,5-6,9-13H2,1H3,(H,23,25)/t14-,16-/m0/s1. The highest BCUT2D eigenvalue weighted by atomic mass is 32.2. The molecule has 5 nitrogen and oxygen atoms in total. The average molecular weight is 418 g/mol. The van der Waals surface area contributed by atoms with Crippen LogP contribution in [0.2, 0.25) is 0 Å². The summed E-state index contributed by atoms with van der Waals surface area (Å²) >= 11 is 1.50. The van der Waals surface area contributed by atoms with Gasteiger partial charge in [0.1, 0.15) is 11.8 Å². The van der Waals surface area contributed by atoms with Gasteiger partial charge in [0.25, 0.3) is 5.91 Å². The first kappa shape index (κ1) is 22.4. The summed E-state index contributed by atoms with van der Waals surface area (Å²) in [5, 5.41) is 2.62. The lowest BCUT2D eigenvalue weighted by Gasteiger charge is -2.35. The first-order valence-electron chi connectivity index (χ1n) is 9.13. The van der Waals surface area contributed by atoms with Gasteiger partial charge in [-0.05, 0) is 43.4 Å². The van der Waals surface area contributed by atoms with Crippen molar-refractivity contribution in [1.29, 1.82) is 0 Å². The molecule has 1 aliphatic rings. The second kappa shape index (κ2) is 10.6. The molecule has 0 aromatic heterocycles. The summed E-state index contributed by atoms with van der Waals surface area (Å²) in [4.78, 5) is 26.2. The first-order chi connectivity index (χ1) is 13.3. The van der Waals surface area contributed by atoms with E-state index < -0.39 is 30.0 Å². The van der Waals surface area contributed by atoms with E-state index in [-0.39, 0.29) is 26.1 Å². The number of piperidine rings is 1. The zero-order chi connectivity index (χ0) is 20.6. The van der Waals surface area contributed by atoms with Crippen LogP contribution in [0.3, 0.4) is 0 Å².